The Morgan fingerprint density at radius 1 is 0.963 bits per heavy atom. The zero-order valence-electron chi connectivity index (χ0n) is 15.4. The van der Waals surface area contributed by atoms with Gasteiger partial charge in [0.05, 0.1) is 28.9 Å². The van der Waals surface area contributed by atoms with Crippen molar-refractivity contribution in [2.24, 2.45) is 7.05 Å². The number of aromatic hydroxyl groups is 1. The van der Waals surface area contributed by atoms with Crippen molar-refractivity contribution in [2.45, 2.75) is 6.54 Å². The number of aromatic nitrogens is 2. The zero-order valence-corrected chi connectivity index (χ0v) is 15.4. The van der Waals surface area contributed by atoms with Crippen LogP contribution in [0.5, 0.6) is 11.5 Å². The van der Waals surface area contributed by atoms with Crippen LogP contribution in [0.25, 0.3) is 43.6 Å². The van der Waals surface area contributed by atoms with Gasteiger partial charge >= 0.3 is 0 Å². The van der Waals surface area contributed by atoms with Crippen LogP contribution >= 0.6 is 0 Å². The molecule has 0 amide bonds. The quantitative estimate of drug-likeness (QED) is 0.443. The molecule has 0 saturated heterocycles. The van der Waals surface area contributed by atoms with Crippen LogP contribution in [0.3, 0.4) is 0 Å². The maximum atomic E-state index is 11.2. The van der Waals surface area contributed by atoms with Crippen LogP contribution in [0.15, 0.2) is 61.2 Å². The van der Waals surface area contributed by atoms with Gasteiger partial charge in [-0.05, 0) is 12.1 Å². The highest BCUT2D eigenvalue weighted by Crippen LogP contribution is 2.49. The molecular weight excluding hydrogens is 336 g/mol. The average molecular weight is 356 g/mol. The van der Waals surface area contributed by atoms with Gasteiger partial charge in [-0.15, -0.1) is 6.58 Å². The van der Waals surface area contributed by atoms with Crippen molar-refractivity contribution in [3.05, 3.63) is 61.2 Å². The van der Waals surface area contributed by atoms with E-state index in [0.717, 1.165) is 43.6 Å². The van der Waals surface area contributed by atoms with Crippen LogP contribution in [0.2, 0.25) is 0 Å². The lowest BCUT2D eigenvalue weighted by Crippen LogP contribution is -1.98. The first-order chi connectivity index (χ1) is 13.2. The fourth-order valence-corrected chi connectivity index (χ4v) is 4.44. The Morgan fingerprint density at radius 2 is 1.59 bits per heavy atom. The molecule has 4 nitrogen and oxygen atoms in total. The highest BCUT2D eigenvalue weighted by molar-refractivity contribution is 6.27. The summed E-state index contributed by atoms with van der Waals surface area (Å²) in [5.41, 5.74) is 4.23. The lowest BCUT2D eigenvalue weighted by molar-refractivity contribution is 0.381. The van der Waals surface area contributed by atoms with Crippen molar-refractivity contribution >= 4 is 43.6 Å². The van der Waals surface area contributed by atoms with Crippen molar-refractivity contribution < 1.29 is 9.84 Å². The maximum absolute atomic E-state index is 11.2. The monoisotopic (exact) mass is 356 g/mol. The van der Waals surface area contributed by atoms with Crippen molar-refractivity contribution in [1.29, 1.82) is 0 Å². The molecular formula is C23H20N2O2. The Hall–Kier alpha value is -3.40. The number of fused-ring (bicyclic) bond motifs is 7. The third-order valence-corrected chi connectivity index (χ3v) is 5.50. The summed E-state index contributed by atoms with van der Waals surface area (Å²) in [6, 6.07) is 16.4. The van der Waals surface area contributed by atoms with E-state index in [1.807, 2.05) is 43.5 Å². The van der Waals surface area contributed by atoms with Gasteiger partial charge in [-0.3, -0.25) is 0 Å². The molecule has 0 spiro atoms. The minimum absolute atomic E-state index is 0.193. The number of rotatable bonds is 3. The Kier molecular flexibility index (Phi) is 3.25. The van der Waals surface area contributed by atoms with E-state index in [-0.39, 0.29) is 5.75 Å². The predicted molar refractivity (Wildman–Crippen MR) is 112 cm³/mol. The lowest BCUT2D eigenvalue weighted by atomic mass is 10.1. The molecule has 0 atom stereocenters. The summed E-state index contributed by atoms with van der Waals surface area (Å²) in [5, 5.41) is 15.0. The van der Waals surface area contributed by atoms with Gasteiger partial charge in [-0.2, -0.15) is 0 Å². The summed E-state index contributed by atoms with van der Waals surface area (Å²) >= 11 is 0. The summed E-state index contributed by atoms with van der Waals surface area (Å²) in [5.74, 6) is 0.714. The number of phenols is 1. The summed E-state index contributed by atoms with van der Waals surface area (Å²) in [7, 11) is 3.66. The van der Waals surface area contributed by atoms with Crippen molar-refractivity contribution in [3.8, 4) is 11.5 Å². The number of aryl methyl sites for hydroxylation is 1. The van der Waals surface area contributed by atoms with E-state index in [0.29, 0.717) is 12.3 Å². The number of nitrogens with zero attached hydrogens (tertiary/aromatic N) is 2. The van der Waals surface area contributed by atoms with E-state index < -0.39 is 0 Å². The second kappa shape index (κ2) is 5.55. The standard InChI is InChI=1S/C23H20N2O2/c1-4-13-25-17-12-8-6-10-15(17)19-21(25)20-18(22(26)23(19)27-3)14-9-5-7-11-16(14)24(20)2/h4-12,26H,1,13H2,2-3H3. The molecule has 4 heteroatoms. The number of ether oxygens (including phenoxy) is 1. The van der Waals surface area contributed by atoms with Gasteiger partial charge in [0.15, 0.2) is 11.5 Å². The lowest BCUT2D eigenvalue weighted by Gasteiger charge is -2.11. The van der Waals surface area contributed by atoms with Gasteiger partial charge in [0.2, 0.25) is 0 Å². The highest BCUT2D eigenvalue weighted by atomic mass is 16.5. The number of hydrogen-bond acceptors (Lipinski definition) is 2. The van der Waals surface area contributed by atoms with Crippen LogP contribution in [0.1, 0.15) is 0 Å². The summed E-state index contributed by atoms with van der Waals surface area (Å²) in [4.78, 5) is 0. The van der Waals surface area contributed by atoms with Crippen molar-refractivity contribution in [3.63, 3.8) is 0 Å². The van der Waals surface area contributed by atoms with Gasteiger partial charge in [-0.1, -0.05) is 42.5 Å². The molecule has 0 aliphatic rings. The predicted octanol–water partition coefficient (Wildman–Crippen LogP) is 5.34. The number of benzene rings is 3. The number of methoxy groups -OCH3 is 1. The van der Waals surface area contributed by atoms with E-state index in [2.05, 4.69) is 33.9 Å². The molecule has 0 unspecified atom stereocenters. The fraction of sp³-hybridized carbons (Fsp3) is 0.130. The molecule has 3 aromatic carbocycles. The second-order valence-corrected chi connectivity index (χ2v) is 6.82. The fourth-order valence-electron chi connectivity index (χ4n) is 4.44. The Bertz CT molecular complexity index is 1370. The Balaban J connectivity index is 2.21. The van der Waals surface area contributed by atoms with E-state index in [1.54, 1.807) is 7.11 Å². The van der Waals surface area contributed by atoms with Gasteiger partial charge in [0, 0.05) is 35.4 Å². The maximum Gasteiger partial charge on any atom is 0.171 e. The molecule has 0 aliphatic heterocycles. The van der Waals surface area contributed by atoms with E-state index in [4.69, 9.17) is 4.74 Å². The average Bonchev–Trinajstić information content (AvgIpc) is 3.17. The van der Waals surface area contributed by atoms with E-state index in [9.17, 15) is 5.11 Å². The molecule has 27 heavy (non-hydrogen) atoms. The molecule has 2 aromatic heterocycles. The molecule has 5 aromatic rings. The normalized spacial score (nSPS) is 11.8. The molecule has 134 valence electrons. The number of allylic oxidation sites excluding steroid dienone is 1. The SMILES string of the molecule is C=CCn1c2ccccc2c2c(OC)c(O)c3c4ccccc4n(C)c3c21. The first-order valence-corrected chi connectivity index (χ1v) is 8.97. The topological polar surface area (TPSA) is 39.3 Å². The smallest absolute Gasteiger partial charge is 0.171 e. The Labute approximate surface area is 156 Å². The molecule has 2 heterocycles. The van der Waals surface area contributed by atoms with E-state index >= 15 is 0 Å². The minimum Gasteiger partial charge on any atom is -0.504 e. The van der Waals surface area contributed by atoms with Crippen LogP contribution < -0.4 is 4.74 Å². The molecule has 1 N–H and O–H groups in total. The van der Waals surface area contributed by atoms with Crippen LogP contribution in [0, 0.1) is 0 Å². The number of phenolic OH excluding ortho intramolecular Hbond substituents is 1. The summed E-state index contributed by atoms with van der Waals surface area (Å²) < 4.78 is 10.1. The molecule has 0 aliphatic carbocycles. The molecule has 5 rings (SSSR count). The molecule has 0 radical (unpaired) electrons. The van der Waals surface area contributed by atoms with Crippen molar-refractivity contribution in [2.75, 3.05) is 7.11 Å². The molecule has 0 fully saturated rings. The first kappa shape index (κ1) is 15.8. The minimum atomic E-state index is 0.193. The second-order valence-electron chi connectivity index (χ2n) is 6.82. The number of para-hydroxylation sites is 2. The highest BCUT2D eigenvalue weighted by Gasteiger charge is 2.25. The molecule has 0 bridgehead atoms. The van der Waals surface area contributed by atoms with Gasteiger partial charge in [-0.25, -0.2) is 0 Å². The summed E-state index contributed by atoms with van der Waals surface area (Å²) in [6.45, 7) is 4.62. The van der Waals surface area contributed by atoms with Crippen LogP contribution in [-0.2, 0) is 13.6 Å². The largest absolute Gasteiger partial charge is 0.504 e. The first-order valence-electron chi connectivity index (χ1n) is 8.97. The van der Waals surface area contributed by atoms with Crippen molar-refractivity contribution in [1.82, 2.24) is 9.13 Å². The zero-order chi connectivity index (χ0) is 18.7. The van der Waals surface area contributed by atoms with Crippen LogP contribution in [-0.4, -0.2) is 21.4 Å². The van der Waals surface area contributed by atoms with Gasteiger partial charge in [0.25, 0.3) is 0 Å². The van der Waals surface area contributed by atoms with Crippen LogP contribution in [0.4, 0.5) is 0 Å². The van der Waals surface area contributed by atoms with Gasteiger partial charge in [0.1, 0.15) is 0 Å². The summed E-state index contributed by atoms with van der Waals surface area (Å²) in [6.07, 6.45) is 1.90. The Morgan fingerprint density at radius 3 is 2.26 bits per heavy atom. The number of hydrogen-bond donors (Lipinski definition) is 1. The van der Waals surface area contributed by atoms with E-state index in [1.165, 1.54) is 0 Å². The third-order valence-electron chi connectivity index (χ3n) is 5.50. The van der Waals surface area contributed by atoms with Gasteiger partial charge < -0.3 is 19.0 Å². The molecule has 0 saturated carbocycles. The third kappa shape index (κ3) is 1.87.